The van der Waals surface area contributed by atoms with Crippen molar-refractivity contribution in [3.8, 4) is 39.0 Å². The number of nitrogens with one attached hydrogen (secondary N) is 1. The van der Waals surface area contributed by atoms with Gasteiger partial charge in [-0.1, -0.05) is 42.5 Å². The third kappa shape index (κ3) is 4.31. The predicted molar refractivity (Wildman–Crippen MR) is 149 cm³/mol. The van der Waals surface area contributed by atoms with Gasteiger partial charge in [0.1, 0.15) is 10.6 Å². The molecule has 194 valence electrons. The van der Waals surface area contributed by atoms with E-state index < -0.39 is 5.82 Å². The van der Waals surface area contributed by atoms with Crippen LogP contribution in [0, 0.1) is 5.82 Å². The third-order valence-corrected chi connectivity index (χ3v) is 8.24. The molecule has 0 saturated heterocycles. The molecule has 1 aliphatic rings. The number of ether oxygens (including phenoxy) is 2. The van der Waals surface area contributed by atoms with E-state index in [0.29, 0.717) is 17.2 Å². The van der Waals surface area contributed by atoms with Crippen LogP contribution in [0.15, 0.2) is 60.9 Å². The van der Waals surface area contributed by atoms with Crippen LogP contribution in [0.5, 0.6) is 5.75 Å². The zero-order valence-corrected chi connectivity index (χ0v) is 22.3. The van der Waals surface area contributed by atoms with Crippen molar-refractivity contribution in [2.24, 2.45) is 7.05 Å². The number of anilines is 1. The van der Waals surface area contributed by atoms with Crippen LogP contribution >= 0.6 is 11.3 Å². The molecule has 1 N–H and O–H groups in total. The first-order valence-corrected chi connectivity index (χ1v) is 13.4. The molecule has 0 bridgehead atoms. The fourth-order valence-electron chi connectivity index (χ4n) is 5.18. The van der Waals surface area contributed by atoms with E-state index in [4.69, 9.17) is 19.4 Å². The lowest BCUT2D eigenvalue weighted by Gasteiger charge is -2.16. The molecule has 3 heterocycles. The summed E-state index contributed by atoms with van der Waals surface area (Å²) >= 11 is 1.45. The van der Waals surface area contributed by atoms with Crippen LogP contribution < -0.4 is 10.1 Å². The van der Waals surface area contributed by atoms with Gasteiger partial charge in [-0.05, 0) is 30.9 Å². The van der Waals surface area contributed by atoms with E-state index >= 15 is 4.39 Å². The van der Waals surface area contributed by atoms with Crippen LogP contribution in [0.1, 0.15) is 19.3 Å². The van der Waals surface area contributed by atoms with Gasteiger partial charge in [-0.15, -0.1) is 11.3 Å². The Labute approximate surface area is 224 Å². The summed E-state index contributed by atoms with van der Waals surface area (Å²) in [7, 11) is 5.16. The first kappa shape index (κ1) is 24.5. The average molecular weight is 530 g/mol. The number of benzene rings is 2. The lowest BCUT2D eigenvalue weighted by molar-refractivity contribution is 0.108. The van der Waals surface area contributed by atoms with Crippen LogP contribution in [-0.2, 0) is 11.8 Å². The molecule has 0 radical (unpaired) electrons. The lowest BCUT2D eigenvalue weighted by atomic mass is 9.99. The Morgan fingerprint density at radius 2 is 1.89 bits per heavy atom. The van der Waals surface area contributed by atoms with Crippen molar-refractivity contribution in [2.45, 2.75) is 31.4 Å². The number of halogens is 1. The number of thiophene rings is 1. The van der Waals surface area contributed by atoms with Gasteiger partial charge in [0.2, 0.25) is 0 Å². The molecule has 2 atom stereocenters. The Morgan fingerprint density at radius 1 is 1.05 bits per heavy atom. The second-order valence-electron chi connectivity index (χ2n) is 9.44. The summed E-state index contributed by atoms with van der Waals surface area (Å²) < 4.78 is 28.5. The molecule has 7 nitrogen and oxygen atoms in total. The Hall–Kier alpha value is -3.82. The van der Waals surface area contributed by atoms with Crippen molar-refractivity contribution in [1.82, 2.24) is 19.5 Å². The topological polar surface area (TPSA) is 74.1 Å². The van der Waals surface area contributed by atoms with E-state index in [0.717, 1.165) is 51.3 Å². The number of fused-ring (bicyclic) bond motifs is 1. The van der Waals surface area contributed by atoms with Crippen molar-refractivity contribution in [3.05, 3.63) is 66.7 Å². The molecular formula is C29H28FN5O2S. The highest BCUT2D eigenvalue weighted by Gasteiger charge is 2.29. The van der Waals surface area contributed by atoms with Crippen molar-refractivity contribution in [2.75, 3.05) is 19.5 Å². The second kappa shape index (κ2) is 10.2. The van der Waals surface area contributed by atoms with E-state index in [-0.39, 0.29) is 17.9 Å². The first-order valence-electron chi connectivity index (χ1n) is 12.6. The smallest absolute Gasteiger partial charge is 0.199 e. The molecule has 1 fully saturated rings. The van der Waals surface area contributed by atoms with Gasteiger partial charge in [-0.3, -0.25) is 0 Å². The number of imidazole rings is 1. The number of nitrogens with zero attached hydrogens (tertiary/aromatic N) is 4. The number of aromatic nitrogens is 4. The van der Waals surface area contributed by atoms with E-state index in [1.54, 1.807) is 25.4 Å². The number of aryl methyl sites for hydroxylation is 1. The molecule has 0 unspecified atom stereocenters. The second-order valence-corrected chi connectivity index (χ2v) is 10.4. The van der Waals surface area contributed by atoms with Crippen molar-refractivity contribution >= 4 is 27.4 Å². The summed E-state index contributed by atoms with van der Waals surface area (Å²) in [6.45, 7) is 0. The molecule has 2 aromatic carbocycles. The molecule has 5 aromatic rings. The Bertz CT molecular complexity index is 1600. The first-order chi connectivity index (χ1) is 18.6. The van der Waals surface area contributed by atoms with Crippen molar-refractivity contribution in [1.29, 1.82) is 0 Å². The zero-order chi connectivity index (χ0) is 26.2. The molecule has 6 rings (SSSR count). The number of rotatable bonds is 7. The number of hydrogen-bond donors (Lipinski definition) is 1. The largest absolute Gasteiger partial charge is 0.494 e. The van der Waals surface area contributed by atoms with E-state index in [9.17, 15) is 0 Å². The third-order valence-electron chi connectivity index (χ3n) is 7.12. The fraction of sp³-hybridized carbons (Fsp3) is 0.276. The summed E-state index contributed by atoms with van der Waals surface area (Å²) in [6.07, 6.45) is 6.68. The van der Waals surface area contributed by atoms with Gasteiger partial charge in [0.25, 0.3) is 0 Å². The monoisotopic (exact) mass is 529 g/mol. The highest BCUT2D eigenvalue weighted by atomic mass is 32.1. The van der Waals surface area contributed by atoms with Gasteiger partial charge in [-0.2, -0.15) is 0 Å². The van der Waals surface area contributed by atoms with Crippen LogP contribution in [0.3, 0.4) is 0 Å². The summed E-state index contributed by atoms with van der Waals surface area (Å²) in [6, 6.07) is 15.5. The molecule has 0 amide bonds. The molecular weight excluding hydrogens is 501 g/mol. The standard InChI is InChI=1S/C29H28FN5O2S/c1-35-15-14-31-28(35)27-33-26(32-18-12-13-19(16-18)36-2)23-22(17-8-5-4-6-9-17)25(38-29(23)34-27)20-10-7-11-21(37-3)24(20)30/h4-11,14-15,18-19H,12-13,16H2,1-3H3,(H,32,33,34)/t18-,19-/m1/s1. The van der Waals surface area contributed by atoms with Gasteiger partial charge in [0.05, 0.1) is 18.6 Å². The van der Waals surface area contributed by atoms with Crippen LogP contribution in [-0.4, -0.2) is 45.9 Å². The maximum Gasteiger partial charge on any atom is 0.199 e. The summed E-state index contributed by atoms with van der Waals surface area (Å²) in [5, 5.41) is 4.57. The van der Waals surface area contributed by atoms with Gasteiger partial charge < -0.3 is 19.4 Å². The quantitative estimate of drug-likeness (QED) is 0.258. The summed E-state index contributed by atoms with van der Waals surface area (Å²) in [5.74, 6) is 1.71. The fourth-order valence-corrected chi connectivity index (χ4v) is 6.39. The highest BCUT2D eigenvalue weighted by molar-refractivity contribution is 7.22. The van der Waals surface area contributed by atoms with Crippen LogP contribution in [0.4, 0.5) is 10.2 Å². The molecule has 0 spiro atoms. The minimum atomic E-state index is -0.399. The van der Waals surface area contributed by atoms with E-state index in [1.807, 2.05) is 54.2 Å². The lowest BCUT2D eigenvalue weighted by Crippen LogP contribution is -2.18. The summed E-state index contributed by atoms with van der Waals surface area (Å²) in [5.41, 5.74) is 2.33. The maximum atomic E-state index is 15.7. The van der Waals surface area contributed by atoms with Crippen molar-refractivity contribution < 1.29 is 13.9 Å². The minimum Gasteiger partial charge on any atom is -0.494 e. The highest BCUT2D eigenvalue weighted by Crippen LogP contribution is 2.48. The van der Waals surface area contributed by atoms with Gasteiger partial charge >= 0.3 is 0 Å². The maximum absolute atomic E-state index is 15.7. The van der Waals surface area contributed by atoms with Crippen LogP contribution in [0.25, 0.3) is 43.4 Å². The van der Waals surface area contributed by atoms with Crippen LogP contribution in [0.2, 0.25) is 0 Å². The summed E-state index contributed by atoms with van der Waals surface area (Å²) in [4.78, 5) is 16.0. The van der Waals surface area contributed by atoms with Gasteiger partial charge in [-0.25, -0.2) is 19.3 Å². The SMILES string of the molecule is COc1cccc(-c2sc3nc(-c4nccn4C)nc(N[C@@H]4CC[C@@H](OC)C4)c3c2-c2ccccc2)c1F. The van der Waals surface area contributed by atoms with Crippen molar-refractivity contribution in [3.63, 3.8) is 0 Å². The predicted octanol–water partition coefficient (Wildman–Crippen LogP) is 6.55. The molecule has 0 aliphatic heterocycles. The zero-order valence-electron chi connectivity index (χ0n) is 21.4. The Balaban J connectivity index is 1.63. The number of hydrogen-bond acceptors (Lipinski definition) is 7. The Morgan fingerprint density at radius 3 is 2.61 bits per heavy atom. The molecule has 38 heavy (non-hydrogen) atoms. The molecule has 3 aromatic heterocycles. The Kier molecular flexibility index (Phi) is 6.55. The number of methoxy groups -OCH3 is 2. The minimum absolute atomic E-state index is 0.202. The average Bonchev–Trinajstić information content (AvgIpc) is 3.67. The van der Waals surface area contributed by atoms with E-state index in [2.05, 4.69) is 10.3 Å². The molecule has 9 heteroatoms. The van der Waals surface area contributed by atoms with E-state index in [1.165, 1.54) is 18.4 Å². The van der Waals surface area contributed by atoms with Gasteiger partial charge in [0.15, 0.2) is 23.2 Å². The van der Waals surface area contributed by atoms with Gasteiger partial charge in [0, 0.05) is 48.6 Å². The molecule has 1 saturated carbocycles. The molecule has 1 aliphatic carbocycles. The normalized spacial score (nSPS) is 17.3.